The first-order chi connectivity index (χ1) is 10.1. The molecule has 0 heterocycles. The lowest BCUT2D eigenvalue weighted by atomic mass is 10.0. The lowest BCUT2D eigenvalue weighted by Gasteiger charge is -2.09. The monoisotopic (exact) mass is 286 g/mol. The Morgan fingerprint density at radius 3 is 1.90 bits per heavy atom. The summed E-state index contributed by atoms with van der Waals surface area (Å²) in [5.41, 5.74) is 2.04. The van der Waals surface area contributed by atoms with Crippen LogP contribution in [0.2, 0.25) is 0 Å². The highest BCUT2D eigenvalue weighted by Gasteiger charge is 2.13. The molecule has 4 nitrogen and oxygen atoms in total. The van der Waals surface area contributed by atoms with E-state index in [1.807, 2.05) is 13.0 Å². The number of aryl methyl sites for hydroxylation is 1. The largest absolute Gasteiger partial charge is 0.497 e. The molecule has 0 saturated heterocycles. The van der Waals surface area contributed by atoms with E-state index in [1.165, 1.54) is 0 Å². The lowest BCUT2D eigenvalue weighted by molar-refractivity contribution is 0.103. The second-order valence-electron chi connectivity index (χ2n) is 4.61. The van der Waals surface area contributed by atoms with E-state index in [9.17, 15) is 4.79 Å². The van der Waals surface area contributed by atoms with Crippen molar-refractivity contribution < 1.29 is 19.0 Å². The summed E-state index contributed by atoms with van der Waals surface area (Å²) in [5.74, 6) is 1.85. The molecule has 0 amide bonds. The SMILES string of the molecule is COc1cc(OC)cc(C(=O)c2ccc(OC)c(C)c2)c1. The van der Waals surface area contributed by atoms with Crippen molar-refractivity contribution in [2.24, 2.45) is 0 Å². The normalized spacial score (nSPS) is 10.1. The molecule has 0 spiro atoms. The molecule has 4 heteroatoms. The molecule has 0 aromatic heterocycles. The van der Waals surface area contributed by atoms with Crippen LogP contribution in [0.1, 0.15) is 21.5 Å². The third-order valence-corrected chi connectivity index (χ3v) is 3.27. The summed E-state index contributed by atoms with van der Waals surface area (Å²) in [4.78, 5) is 12.6. The van der Waals surface area contributed by atoms with Gasteiger partial charge in [-0.1, -0.05) is 0 Å². The molecule has 2 aromatic rings. The number of carbonyl (C=O) groups is 1. The Balaban J connectivity index is 2.41. The molecule has 0 atom stereocenters. The van der Waals surface area contributed by atoms with Gasteiger partial charge in [0.2, 0.25) is 0 Å². The van der Waals surface area contributed by atoms with Crippen LogP contribution in [0.15, 0.2) is 36.4 Å². The molecule has 2 rings (SSSR count). The van der Waals surface area contributed by atoms with Gasteiger partial charge >= 0.3 is 0 Å². The number of methoxy groups -OCH3 is 3. The van der Waals surface area contributed by atoms with Crippen LogP contribution in [0.25, 0.3) is 0 Å². The number of ketones is 1. The van der Waals surface area contributed by atoms with Crippen molar-refractivity contribution in [1.82, 2.24) is 0 Å². The third kappa shape index (κ3) is 3.16. The Labute approximate surface area is 124 Å². The van der Waals surface area contributed by atoms with E-state index in [0.717, 1.165) is 11.3 Å². The summed E-state index contributed by atoms with van der Waals surface area (Å²) in [6, 6.07) is 10.5. The topological polar surface area (TPSA) is 44.8 Å². The smallest absolute Gasteiger partial charge is 0.193 e. The van der Waals surface area contributed by atoms with Crippen molar-refractivity contribution in [3.8, 4) is 17.2 Å². The number of rotatable bonds is 5. The molecule has 0 unspecified atom stereocenters. The van der Waals surface area contributed by atoms with Crippen molar-refractivity contribution in [3.05, 3.63) is 53.1 Å². The number of benzene rings is 2. The molecule has 110 valence electrons. The van der Waals surface area contributed by atoms with Gasteiger partial charge in [0.1, 0.15) is 17.2 Å². The first-order valence-corrected chi connectivity index (χ1v) is 6.51. The molecular weight excluding hydrogens is 268 g/mol. The van der Waals surface area contributed by atoms with E-state index >= 15 is 0 Å². The van der Waals surface area contributed by atoms with Gasteiger partial charge in [0.25, 0.3) is 0 Å². The summed E-state index contributed by atoms with van der Waals surface area (Å²) in [5, 5.41) is 0. The van der Waals surface area contributed by atoms with Gasteiger partial charge in [-0.3, -0.25) is 4.79 Å². The second kappa shape index (κ2) is 6.31. The Bertz CT molecular complexity index is 640. The first-order valence-electron chi connectivity index (χ1n) is 6.51. The zero-order valence-electron chi connectivity index (χ0n) is 12.6. The highest BCUT2D eigenvalue weighted by atomic mass is 16.5. The van der Waals surface area contributed by atoms with E-state index in [1.54, 1.807) is 51.7 Å². The highest BCUT2D eigenvalue weighted by Crippen LogP contribution is 2.26. The Morgan fingerprint density at radius 2 is 1.43 bits per heavy atom. The maximum absolute atomic E-state index is 12.6. The summed E-state index contributed by atoms with van der Waals surface area (Å²) in [6.07, 6.45) is 0. The number of hydrogen-bond donors (Lipinski definition) is 0. The number of hydrogen-bond acceptors (Lipinski definition) is 4. The Morgan fingerprint density at radius 1 is 0.810 bits per heavy atom. The number of carbonyl (C=O) groups excluding carboxylic acids is 1. The van der Waals surface area contributed by atoms with Gasteiger partial charge in [-0.15, -0.1) is 0 Å². The predicted molar refractivity (Wildman–Crippen MR) is 80.7 cm³/mol. The van der Waals surface area contributed by atoms with Crippen LogP contribution in [-0.2, 0) is 0 Å². The van der Waals surface area contributed by atoms with Crippen LogP contribution in [0.5, 0.6) is 17.2 Å². The van der Waals surface area contributed by atoms with E-state index in [0.29, 0.717) is 22.6 Å². The molecule has 0 saturated carbocycles. The van der Waals surface area contributed by atoms with E-state index in [4.69, 9.17) is 14.2 Å². The van der Waals surface area contributed by atoms with Gasteiger partial charge in [-0.25, -0.2) is 0 Å². The highest BCUT2D eigenvalue weighted by molar-refractivity contribution is 6.09. The Kier molecular flexibility index (Phi) is 4.48. The second-order valence-corrected chi connectivity index (χ2v) is 4.61. The standard InChI is InChI=1S/C17H18O4/c1-11-7-12(5-6-16(11)21-4)17(18)13-8-14(19-2)10-15(9-13)20-3/h5-10H,1-4H3. The summed E-state index contributed by atoms with van der Waals surface area (Å²) >= 11 is 0. The van der Waals surface area contributed by atoms with Gasteiger partial charge in [0.05, 0.1) is 21.3 Å². The van der Waals surface area contributed by atoms with Crippen LogP contribution in [0, 0.1) is 6.92 Å². The molecule has 0 bridgehead atoms. The fourth-order valence-corrected chi connectivity index (χ4v) is 2.12. The van der Waals surface area contributed by atoms with Gasteiger partial charge in [-0.2, -0.15) is 0 Å². The zero-order valence-corrected chi connectivity index (χ0v) is 12.6. The molecule has 0 fully saturated rings. The van der Waals surface area contributed by atoms with E-state index < -0.39 is 0 Å². The van der Waals surface area contributed by atoms with Gasteiger partial charge < -0.3 is 14.2 Å². The minimum Gasteiger partial charge on any atom is -0.497 e. The fraction of sp³-hybridized carbons (Fsp3) is 0.235. The molecule has 0 radical (unpaired) electrons. The van der Waals surface area contributed by atoms with Gasteiger partial charge in [-0.05, 0) is 42.8 Å². The summed E-state index contributed by atoms with van der Waals surface area (Å²) in [6.45, 7) is 1.90. The van der Waals surface area contributed by atoms with Crippen LogP contribution in [0.4, 0.5) is 0 Å². The average molecular weight is 286 g/mol. The molecule has 0 aliphatic carbocycles. The molecule has 0 aliphatic rings. The summed E-state index contributed by atoms with van der Waals surface area (Å²) < 4.78 is 15.6. The molecule has 2 aromatic carbocycles. The van der Waals surface area contributed by atoms with Crippen LogP contribution < -0.4 is 14.2 Å². The predicted octanol–water partition coefficient (Wildman–Crippen LogP) is 3.25. The summed E-state index contributed by atoms with van der Waals surface area (Å²) in [7, 11) is 4.72. The molecule has 0 N–H and O–H groups in total. The average Bonchev–Trinajstić information content (AvgIpc) is 2.53. The fourth-order valence-electron chi connectivity index (χ4n) is 2.12. The lowest BCUT2D eigenvalue weighted by Crippen LogP contribution is -2.03. The van der Waals surface area contributed by atoms with Crippen molar-refractivity contribution in [2.75, 3.05) is 21.3 Å². The van der Waals surface area contributed by atoms with E-state index in [-0.39, 0.29) is 5.78 Å². The number of ether oxygens (including phenoxy) is 3. The quantitative estimate of drug-likeness (QED) is 0.791. The maximum Gasteiger partial charge on any atom is 0.193 e. The first kappa shape index (κ1) is 14.9. The molecule has 21 heavy (non-hydrogen) atoms. The molecular formula is C17H18O4. The van der Waals surface area contributed by atoms with Crippen molar-refractivity contribution >= 4 is 5.78 Å². The van der Waals surface area contributed by atoms with Crippen molar-refractivity contribution in [1.29, 1.82) is 0 Å². The van der Waals surface area contributed by atoms with Crippen molar-refractivity contribution in [3.63, 3.8) is 0 Å². The van der Waals surface area contributed by atoms with Gasteiger partial charge in [0.15, 0.2) is 5.78 Å². The zero-order chi connectivity index (χ0) is 15.4. The van der Waals surface area contributed by atoms with Crippen molar-refractivity contribution in [2.45, 2.75) is 6.92 Å². The minimum absolute atomic E-state index is 0.0852. The van der Waals surface area contributed by atoms with E-state index in [2.05, 4.69) is 0 Å². The van der Waals surface area contributed by atoms with Crippen LogP contribution in [-0.4, -0.2) is 27.1 Å². The maximum atomic E-state index is 12.6. The third-order valence-electron chi connectivity index (χ3n) is 3.27. The minimum atomic E-state index is -0.0852. The van der Waals surface area contributed by atoms with Gasteiger partial charge in [0, 0.05) is 17.2 Å². The molecule has 0 aliphatic heterocycles. The van der Waals surface area contributed by atoms with Crippen LogP contribution in [0.3, 0.4) is 0 Å². The Hall–Kier alpha value is -2.49. The van der Waals surface area contributed by atoms with Crippen LogP contribution >= 0.6 is 0 Å².